The van der Waals surface area contributed by atoms with Gasteiger partial charge in [0, 0.05) is 28.8 Å². The average Bonchev–Trinajstić information content (AvgIpc) is 2.82. The summed E-state index contributed by atoms with van der Waals surface area (Å²) in [7, 11) is 0. The SMILES string of the molecule is CC1(C)Cc2ccc(C(=O)O)cc2/C(=C\C(=O)C2CCCCCC2)N1. The zero-order valence-corrected chi connectivity index (χ0v) is 15.1. The molecule has 0 aromatic heterocycles. The minimum Gasteiger partial charge on any atom is -0.478 e. The van der Waals surface area contributed by atoms with E-state index in [4.69, 9.17) is 0 Å². The van der Waals surface area contributed by atoms with Gasteiger partial charge < -0.3 is 10.4 Å². The van der Waals surface area contributed by atoms with Crippen molar-refractivity contribution in [2.45, 2.75) is 64.3 Å². The number of rotatable bonds is 3. The highest BCUT2D eigenvalue weighted by molar-refractivity contribution is 5.99. The predicted molar refractivity (Wildman–Crippen MR) is 98.5 cm³/mol. The fourth-order valence-electron chi connectivity index (χ4n) is 4.00. The molecule has 1 heterocycles. The Balaban J connectivity index is 1.95. The number of carbonyl (C=O) groups is 2. The summed E-state index contributed by atoms with van der Waals surface area (Å²) in [4.78, 5) is 24.1. The topological polar surface area (TPSA) is 66.4 Å². The van der Waals surface area contributed by atoms with Crippen molar-refractivity contribution < 1.29 is 14.7 Å². The van der Waals surface area contributed by atoms with E-state index in [9.17, 15) is 14.7 Å². The van der Waals surface area contributed by atoms with Crippen LogP contribution in [-0.4, -0.2) is 22.4 Å². The first-order chi connectivity index (χ1) is 11.9. The molecule has 134 valence electrons. The molecule has 1 aromatic rings. The molecular weight excluding hydrogens is 314 g/mol. The Morgan fingerprint density at radius 3 is 2.48 bits per heavy atom. The molecule has 4 heteroatoms. The molecule has 0 atom stereocenters. The normalized spacial score (nSPS) is 21.9. The van der Waals surface area contributed by atoms with Crippen molar-refractivity contribution in [3.63, 3.8) is 0 Å². The summed E-state index contributed by atoms with van der Waals surface area (Å²) in [6, 6.07) is 5.21. The Labute approximate surface area is 149 Å². The van der Waals surface area contributed by atoms with Crippen molar-refractivity contribution >= 4 is 17.4 Å². The van der Waals surface area contributed by atoms with Crippen LogP contribution in [-0.2, 0) is 11.2 Å². The number of ketones is 1. The van der Waals surface area contributed by atoms with Crippen LogP contribution < -0.4 is 5.32 Å². The first-order valence-electron chi connectivity index (χ1n) is 9.26. The van der Waals surface area contributed by atoms with Crippen molar-refractivity contribution in [3.8, 4) is 0 Å². The van der Waals surface area contributed by atoms with E-state index in [-0.39, 0.29) is 22.8 Å². The van der Waals surface area contributed by atoms with Gasteiger partial charge in [-0.2, -0.15) is 0 Å². The minimum absolute atomic E-state index is 0.105. The number of carboxylic acids is 1. The summed E-state index contributed by atoms with van der Waals surface area (Å²) < 4.78 is 0. The van der Waals surface area contributed by atoms with E-state index in [1.165, 1.54) is 12.8 Å². The van der Waals surface area contributed by atoms with E-state index >= 15 is 0 Å². The number of carboxylic acid groups (broad SMARTS) is 1. The number of benzene rings is 1. The van der Waals surface area contributed by atoms with Gasteiger partial charge in [-0.1, -0.05) is 31.7 Å². The highest BCUT2D eigenvalue weighted by Gasteiger charge is 2.29. The van der Waals surface area contributed by atoms with Gasteiger partial charge in [0.2, 0.25) is 0 Å². The number of aromatic carboxylic acids is 1. The second-order valence-corrected chi connectivity index (χ2v) is 8.01. The molecule has 0 spiro atoms. The molecule has 2 N–H and O–H groups in total. The maximum Gasteiger partial charge on any atom is 0.335 e. The molecule has 1 aliphatic heterocycles. The number of fused-ring (bicyclic) bond motifs is 1. The van der Waals surface area contributed by atoms with Crippen LogP contribution in [0.2, 0.25) is 0 Å². The maximum absolute atomic E-state index is 12.8. The van der Waals surface area contributed by atoms with Gasteiger partial charge in [-0.3, -0.25) is 4.79 Å². The van der Waals surface area contributed by atoms with Crippen LogP contribution in [0.1, 0.15) is 73.9 Å². The second-order valence-electron chi connectivity index (χ2n) is 8.01. The molecule has 4 nitrogen and oxygen atoms in total. The molecule has 25 heavy (non-hydrogen) atoms. The summed E-state index contributed by atoms with van der Waals surface area (Å²) in [5, 5.41) is 12.7. The molecule has 2 aliphatic rings. The molecule has 0 radical (unpaired) electrons. The van der Waals surface area contributed by atoms with Gasteiger partial charge in [0.25, 0.3) is 0 Å². The van der Waals surface area contributed by atoms with Crippen LogP contribution in [0, 0.1) is 5.92 Å². The molecule has 1 fully saturated rings. The lowest BCUT2D eigenvalue weighted by molar-refractivity contribution is -0.118. The molecule has 1 saturated carbocycles. The number of hydrogen-bond acceptors (Lipinski definition) is 3. The number of carbonyl (C=O) groups excluding carboxylic acids is 1. The van der Waals surface area contributed by atoms with Gasteiger partial charge in [-0.15, -0.1) is 0 Å². The van der Waals surface area contributed by atoms with Crippen molar-refractivity contribution in [2.24, 2.45) is 5.92 Å². The van der Waals surface area contributed by atoms with Gasteiger partial charge in [-0.05, 0) is 50.8 Å². The van der Waals surface area contributed by atoms with Crippen molar-refractivity contribution in [1.82, 2.24) is 5.32 Å². The van der Waals surface area contributed by atoms with Crippen LogP contribution in [0.25, 0.3) is 5.70 Å². The highest BCUT2D eigenvalue weighted by Crippen LogP contribution is 2.32. The molecule has 0 amide bonds. The maximum atomic E-state index is 12.8. The zero-order chi connectivity index (χ0) is 18.0. The highest BCUT2D eigenvalue weighted by atomic mass is 16.4. The lowest BCUT2D eigenvalue weighted by atomic mass is 9.84. The molecule has 1 aromatic carbocycles. The lowest BCUT2D eigenvalue weighted by Gasteiger charge is -2.36. The summed E-state index contributed by atoms with van der Waals surface area (Å²) in [5.41, 5.74) is 2.80. The summed E-state index contributed by atoms with van der Waals surface area (Å²) in [6.07, 6.45) is 9.14. The third-order valence-electron chi connectivity index (χ3n) is 5.30. The van der Waals surface area contributed by atoms with Gasteiger partial charge in [0.05, 0.1) is 5.56 Å². The quantitative estimate of drug-likeness (QED) is 0.639. The Hall–Kier alpha value is -2.10. The Morgan fingerprint density at radius 2 is 1.84 bits per heavy atom. The van der Waals surface area contributed by atoms with Crippen LogP contribution in [0.3, 0.4) is 0 Å². The van der Waals surface area contributed by atoms with Gasteiger partial charge in [-0.25, -0.2) is 4.79 Å². The molecule has 0 saturated heterocycles. The molecule has 0 unspecified atom stereocenters. The lowest BCUT2D eigenvalue weighted by Crippen LogP contribution is -2.44. The van der Waals surface area contributed by atoms with Crippen LogP contribution >= 0.6 is 0 Å². The fourth-order valence-corrected chi connectivity index (χ4v) is 4.00. The van der Waals surface area contributed by atoms with Gasteiger partial charge in [0.15, 0.2) is 5.78 Å². The number of nitrogens with one attached hydrogen (secondary N) is 1. The number of hydrogen-bond donors (Lipinski definition) is 2. The molecule has 3 rings (SSSR count). The second kappa shape index (κ2) is 7.03. The first kappa shape index (κ1) is 17.7. The number of allylic oxidation sites excluding steroid dienone is 1. The third-order valence-corrected chi connectivity index (χ3v) is 5.30. The third kappa shape index (κ3) is 4.12. The van der Waals surface area contributed by atoms with E-state index in [1.54, 1.807) is 18.2 Å². The van der Waals surface area contributed by atoms with Crippen molar-refractivity contribution in [3.05, 3.63) is 41.0 Å². The smallest absolute Gasteiger partial charge is 0.335 e. The summed E-state index contributed by atoms with van der Waals surface area (Å²) >= 11 is 0. The van der Waals surface area contributed by atoms with E-state index in [2.05, 4.69) is 19.2 Å². The first-order valence-corrected chi connectivity index (χ1v) is 9.26. The molecule has 1 aliphatic carbocycles. The van der Waals surface area contributed by atoms with E-state index < -0.39 is 5.97 Å². The predicted octanol–water partition coefficient (Wildman–Crippen LogP) is 4.19. The Morgan fingerprint density at radius 1 is 1.16 bits per heavy atom. The Bertz CT molecular complexity index is 710. The standard InChI is InChI=1S/C21H27NO3/c1-21(2)13-16-10-9-15(20(24)25)11-17(16)18(22-21)12-19(23)14-7-5-3-4-6-8-14/h9-12,14,22H,3-8,13H2,1-2H3,(H,24,25)/b18-12+. The van der Waals surface area contributed by atoms with E-state index in [1.807, 2.05) is 6.07 Å². The van der Waals surface area contributed by atoms with Crippen LogP contribution in [0.4, 0.5) is 0 Å². The molecule has 0 bridgehead atoms. The fraction of sp³-hybridized carbons (Fsp3) is 0.524. The van der Waals surface area contributed by atoms with Gasteiger partial charge >= 0.3 is 5.97 Å². The Kier molecular flexibility index (Phi) is 4.98. The zero-order valence-electron chi connectivity index (χ0n) is 15.1. The van der Waals surface area contributed by atoms with Gasteiger partial charge in [0.1, 0.15) is 0 Å². The minimum atomic E-state index is -0.943. The largest absolute Gasteiger partial charge is 0.478 e. The van der Waals surface area contributed by atoms with Crippen LogP contribution in [0.15, 0.2) is 24.3 Å². The summed E-state index contributed by atoms with van der Waals surface area (Å²) in [5.74, 6) is -0.663. The van der Waals surface area contributed by atoms with E-state index in [0.717, 1.165) is 48.9 Å². The average molecular weight is 341 g/mol. The monoisotopic (exact) mass is 341 g/mol. The molecular formula is C21H27NO3. The van der Waals surface area contributed by atoms with Crippen molar-refractivity contribution in [1.29, 1.82) is 0 Å². The van der Waals surface area contributed by atoms with Crippen LogP contribution in [0.5, 0.6) is 0 Å². The van der Waals surface area contributed by atoms with Crippen molar-refractivity contribution in [2.75, 3.05) is 0 Å². The van der Waals surface area contributed by atoms with E-state index in [0.29, 0.717) is 0 Å². The summed E-state index contributed by atoms with van der Waals surface area (Å²) in [6.45, 7) is 4.20.